The van der Waals surface area contributed by atoms with Crippen molar-refractivity contribution in [2.24, 2.45) is 11.3 Å². The quantitative estimate of drug-likeness (QED) is 0.272. The number of ether oxygens (including phenoxy) is 1. The molecule has 2 unspecified atom stereocenters. The normalized spacial score (nSPS) is 21.6. The Hall–Kier alpha value is -2.67. The van der Waals surface area contributed by atoms with Crippen molar-refractivity contribution in [2.75, 3.05) is 6.54 Å². The lowest BCUT2D eigenvalue weighted by atomic mass is 9.86. The number of nitro groups is 1. The Morgan fingerprint density at radius 2 is 1.89 bits per heavy atom. The van der Waals surface area contributed by atoms with Crippen molar-refractivity contribution >= 4 is 29.2 Å². The summed E-state index contributed by atoms with van der Waals surface area (Å²) >= 11 is 6.62. The molecular weight excluding hydrogens is 372 g/mol. The zero-order chi connectivity index (χ0) is 20.2. The van der Waals surface area contributed by atoms with Crippen LogP contribution in [0.3, 0.4) is 0 Å². The fraction of sp³-hybridized carbons (Fsp3) is 0.368. The molecule has 0 radical (unpaired) electrons. The SMILES string of the molecule is CC(C)(C)C(=O)NCC1(Cl)C=CC=CC1C(=O)Oc1ccc([N+](=O)[O-])cc1. The topological polar surface area (TPSA) is 98.5 Å². The van der Waals surface area contributed by atoms with Crippen LogP contribution in [0.1, 0.15) is 20.8 Å². The van der Waals surface area contributed by atoms with Gasteiger partial charge in [-0.3, -0.25) is 19.7 Å². The minimum Gasteiger partial charge on any atom is -0.426 e. The number of amides is 1. The van der Waals surface area contributed by atoms with E-state index in [0.29, 0.717) is 0 Å². The van der Waals surface area contributed by atoms with Gasteiger partial charge in [-0.05, 0) is 12.1 Å². The minimum atomic E-state index is -1.17. The highest BCUT2D eigenvalue weighted by Gasteiger charge is 2.41. The molecule has 1 aromatic rings. The number of nitrogens with zero attached hydrogens (tertiary/aromatic N) is 1. The zero-order valence-electron chi connectivity index (χ0n) is 15.3. The lowest BCUT2D eigenvalue weighted by molar-refractivity contribution is -0.384. The molecule has 2 atom stereocenters. The third kappa shape index (κ3) is 5.17. The van der Waals surface area contributed by atoms with Crippen molar-refractivity contribution in [3.05, 3.63) is 58.7 Å². The Morgan fingerprint density at radius 1 is 1.26 bits per heavy atom. The molecule has 0 bridgehead atoms. The number of nitrogens with one attached hydrogen (secondary N) is 1. The zero-order valence-corrected chi connectivity index (χ0v) is 16.0. The molecule has 144 valence electrons. The maximum Gasteiger partial charge on any atom is 0.320 e. The lowest BCUT2D eigenvalue weighted by Gasteiger charge is -2.32. The molecule has 0 spiro atoms. The largest absolute Gasteiger partial charge is 0.426 e. The van der Waals surface area contributed by atoms with Crippen LogP contribution >= 0.6 is 11.6 Å². The number of rotatable bonds is 5. The molecule has 2 rings (SSSR count). The second kappa shape index (κ2) is 7.92. The number of nitro benzene ring substituents is 1. The van der Waals surface area contributed by atoms with E-state index in [4.69, 9.17) is 16.3 Å². The number of non-ortho nitro benzene ring substituents is 1. The summed E-state index contributed by atoms with van der Waals surface area (Å²) in [7, 11) is 0. The van der Waals surface area contributed by atoms with Gasteiger partial charge in [-0.2, -0.15) is 0 Å². The summed E-state index contributed by atoms with van der Waals surface area (Å²) in [6.07, 6.45) is 6.61. The molecule has 1 amide bonds. The van der Waals surface area contributed by atoms with E-state index in [9.17, 15) is 19.7 Å². The highest BCUT2D eigenvalue weighted by Crippen LogP contribution is 2.33. The molecular formula is C19H21ClN2O5. The number of esters is 1. The molecule has 8 heteroatoms. The molecule has 27 heavy (non-hydrogen) atoms. The first-order valence-corrected chi connectivity index (χ1v) is 8.70. The molecule has 1 aliphatic carbocycles. The van der Waals surface area contributed by atoms with E-state index in [1.165, 1.54) is 24.3 Å². The molecule has 0 saturated carbocycles. The van der Waals surface area contributed by atoms with Crippen LogP contribution in [0.15, 0.2) is 48.6 Å². The van der Waals surface area contributed by atoms with Gasteiger partial charge in [0.1, 0.15) is 11.7 Å². The molecule has 0 aliphatic heterocycles. The Morgan fingerprint density at radius 3 is 2.44 bits per heavy atom. The number of alkyl halides is 1. The van der Waals surface area contributed by atoms with E-state index in [1.807, 2.05) is 0 Å². The summed E-state index contributed by atoms with van der Waals surface area (Å²) in [5, 5.41) is 13.5. The minimum absolute atomic E-state index is 0.0471. The molecule has 0 fully saturated rings. The second-order valence-corrected chi connectivity index (χ2v) is 7.96. The molecule has 1 aliphatic rings. The van der Waals surface area contributed by atoms with Gasteiger partial charge in [-0.1, -0.05) is 45.1 Å². The average molecular weight is 393 g/mol. The maximum atomic E-state index is 12.6. The summed E-state index contributed by atoms with van der Waals surface area (Å²) in [4.78, 5) is 33.7. The van der Waals surface area contributed by atoms with Gasteiger partial charge >= 0.3 is 5.97 Å². The van der Waals surface area contributed by atoms with Crippen LogP contribution in [0.25, 0.3) is 0 Å². The second-order valence-electron chi connectivity index (χ2n) is 7.25. The smallest absolute Gasteiger partial charge is 0.320 e. The average Bonchev–Trinajstić information content (AvgIpc) is 2.59. The third-order valence-electron chi connectivity index (χ3n) is 4.03. The molecule has 1 aromatic carbocycles. The molecule has 0 saturated heterocycles. The van der Waals surface area contributed by atoms with Crippen LogP contribution < -0.4 is 10.1 Å². The first-order valence-electron chi connectivity index (χ1n) is 8.32. The van der Waals surface area contributed by atoms with Crippen LogP contribution in [0.4, 0.5) is 5.69 Å². The van der Waals surface area contributed by atoms with Crippen LogP contribution in [-0.2, 0) is 9.59 Å². The predicted octanol–water partition coefficient (Wildman–Crippen LogP) is 3.38. The van der Waals surface area contributed by atoms with Gasteiger partial charge in [-0.15, -0.1) is 11.6 Å². The van der Waals surface area contributed by atoms with Gasteiger partial charge in [0.15, 0.2) is 0 Å². The van der Waals surface area contributed by atoms with E-state index < -0.39 is 27.1 Å². The fourth-order valence-electron chi connectivity index (χ4n) is 2.39. The summed E-state index contributed by atoms with van der Waals surface area (Å²) in [5.41, 5.74) is -0.692. The number of carbonyl (C=O) groups is 2. The molecule has 1 N–H and O–H groups in total. The Labute approximate surface area is 162 Å². The number of halogens is 1. The van der Waals surface area contributed by atoms with Crippen LogP contribution in [0.5, 0.6) is 5.75 Å². The van der Waals surface area contributed by atoms with Gasteiger partial charge in [0.25, 0.3) is 5.69 Å². The number of allylic oxidation sites excluding steroid dienone is 2. The predicted molar refractivity (Wildman–Crippen MR) is 102 cm³/mol. The summed E-state index contributed by atoms with van der Waals surface area (Å²) < 4.78 is 5.31. The van der Waals surface area contributed by atoms with Crippen molar-refractivity contribution in [3.8, 4) is 5.75 Å². The van der Waals surface area contributed by atoms with E-state index in [0.717, 1.165) is 0 Å². The van der Waals surface area contributed by atoms with Gasteiger partial charge in [0, 0.05) is 24.1 Å². The van der Waals surface area contributed by atoms with Gasteiger partial charge in [0.05, 0.1) is 9.80 Å². The summed E-state index contributed by atoms with van der Waals surface area (Å²) in [6.45, 7) is 5.38. The van der Waals surface area contributed by atoms with Crippen molar-refractivity contribution < 1.29 is 19.2 Å². The van der Waals surface area contributed by atoms with Crippen molar-refractivity contribution in [3.63, 3.8) is 0 Å². The Kier molecular flexibility index (Phi) is 6.05. The first kappa shape index (κ1) is 20.6. The Bertz CT molecular complexity index is 795. The molecule has 0 aromatic heterocycles. The monoisotopic (exact) mass is 392 g/mol. The highest BCUT2D eigenvalue weighted by atomic mass is 35.5. The van der Waals surface area contributed by atoms with Gasteiger partial charge in [0.2, 0.25) is 5.91 Å². The number of hydrogen-bond acceptors (Lipinski definition) is 5. The van der Waals surface area contributed by atoms with Gasteiger partial charge in [-0.25, -0.2) is 0 Å². The number of carbonyl (C=O) groups excluding carboxylic acids is 2. The molecule has 7 nitrogen and oxygen atoms in total. The van der Waals surface area contributed by atoms with Crippen LogP contribution in [-0.4, -0.2) is 28.2 Å². The number of hydrogen-bond donors (Lipinski definition) is 1. The van der Waals surface area contributed by atoms with Crippen LogP contribution in [0, 0.1) is 21.4 Å². The van der Waals surface area contributed by atoms with Crippen LogP contribution in [0.2, 0.25) is 0 Å². The number of benzene rings is 1. The highest BCUT2D eigenvalue weighted by molar-refractivity contribution is 6.27. The van der Waals surface area contributed by atoms with E-state index in [2.05, 4.69) is 5.32 Å². The van der Waals surface area contributed by atoms with E-state index >= 15 is 0 Å². The van der Waals surface area contributed by atoms with Crippen molar-refractivity contribution in [1.82, 2.24) is 5.32 Å². The van der Waals surface area contributed by atoms with E-state index in [1.54, 1.807) is 45.1 Å². The fourth-order valence-corrected chi connectivity index (χ4v) is 2.70. The maximum absolute atomic E-state index is 12.6. The van der Waals surface area contributed by atoms with Gasteiger partial charge < -0.3 is 10.1 Å². The molecule has 0 heterocycles. The first-order chi connectivity index (χ1) is 12.5. The van der Waals surface area contributed by atoms with Crippen molar-refractivity contribution in [2.45, 2.75) is 25.6 Å². The van der Waals surface area contributed by atoms with Crippen molar-refractivity contribution in [1.29, 1.82) is 0 Å². The Balaban J connectivity index is 2.10. The lowest BCUT2D eigenvalue weighted by Crippen LogP contribution is -2.49. The third-order valence-corrected chi connectivity index (χ3v) is 4.52. The van der Waals surface area contributed by atoms with E-state index in [-0.39, 0.29) is 23.9 Å². The summed E-state index contributed by atoms with van der Waals surface area (Å²) in [5.74, 6) is -1.47. The summed E-state index contributed by atoms with van der Waals surface area (Å²) in [6, 6.07) is 5.18. The standard InChI is InChI=1S/C19H21ClN2O5/c1-18(2,3)17(24)21-12-19(20)11-5-4-6-15(19)16(23)27-14-9-7-13(8-10-14)22(25)26/h4-11,15H,12H2,1-3H3,(H,21,24).